The molecular weight excluding hydrogens is 164 g/mol. The van der Waals surface area contributed by atoms with Crippen molar-refractivity contribution in [2.75, 3.05) is 20.1 Å². The second-order valence-electron chi connectivity index (χ2n) is 3.88. The predicted octanol–water partition coefficient (Wildman–Crippen LogP) is 1.00. The minimum Gasteiger partial charge on any atom is -0.356 e. The maximum atomic E-state index is 11.2. The zero-order valence-electron chi connectivity index (χ0n) is 9.18. The number of rotatable bonds is 6. The van der Waals surface area contributed by atoms with Crippen molar-refractivity contribution in [2.45, 2.75) is 27.2 Å². The summed E-state index contributed by atoms with van der Waals surface area (Å²) >= 11 is 0. The zero-order chi connectivity index (χ0) is 10.3. The summed E-state index contributed by atoms with van der Waals surface area (Å²) < 4.78 is 0. The molecule has 0 aromatic rings. The Bertz CT molecular complexity index is 146. The third-order valence-corrected chi connectivity index (χ3v) is 2.36. The molecule has 1 amide bonds. The summed E-state index contributed by atoms with van der Waals surface area (Å²) in [4.78, 5) is 11.2. The molecular formula is C10H22N2O. The van der Waals surface area contributed by atoms with E-state index in [0.717, 1.165) is 13.1 Å². The summed E-state index contributed by atoms with van der Waals surface area (Å²) in [6.07, 6.45) is 0.571. The van der Waals surface area contributed by atoms with Crippen LogP contribution < -0.4 is 10.6 Å². The van der Waals surface area contributed by atoms with Crippen molar-refractivity contribution >= 4 is 5.91 Å². The molecule has 0 aliphatic heterocycles. The first-order valence-electron chi connectivity index (χ1n) is 4.99. The van der Waals surface area contributed by atoms with E-state index in [0.29, 0.717) is 18.3 Å². The van der Waals surface area contributed by atoms with Crippen LogP contribution in [0.5, 0.6) is 0 Å². The molecule has 3 heteroatoms. The molecule has 3 nitrogen and oxygen atoms in total. The van der Waals surface area contributed by atoms with Crippen molar-refractivity contribution in [1.29, 1.82) is 0 Å². The van der Waals surface area contributed by atoms with Crippen LogP contribution in [0.15, 0.2) is 0 Å². The van der Waals surface area contributed by atoms with E-state index >= 15 is 0 Å². The Morgan fingerprint density at radius 1 is 1.31 bits per heavy atom. The monoisotopic (exact) mass is 186 g/mol. The standard InChI is InChI=1S/C10H22N2O/c1-8(2)9(3)7-12-10(13)5-6-11-4/h8-9,11H,5-7H2,1-4H3,(H,12,13). The summed E-state index contributed by atoms with van der Waals surface area (Å²) in [5.41, 5.74) is 0. The quantitative estimate of drug-likeness (QED) is 0.650. The van der Waals surface area contributed by atoms with Gasteiger partial charge in [0.05, 0.1) is 0 Å². The van der Waals surface area contributed by atoms with Crippen molar-refractivity contribution in [1.82, 2.24) is 10.6 Å². The molecule has 78 valence electrons. The maximum absolute atomic E-state index is 11.2. The normalized spacial score (nSPS) is 13.0. The van der Waals surface area contributed by atoms with Crippen molar-refractivity contribution in [3.63, 3.8) is 0 Å². The van der Waals surface area contributed by atoms with E-state index in [2.05, 4.69) is 31.4 Å². The molecule has 2 N–H and O–H groups in total. The SMILES string of the molecule is CNCCC(=O)NCC(C)C(C)C. The Labute approximate surface area is 81.3 Å². The van der Waals surface area contributed by atoms with Gasteiger partial charge in [0, 0.05) is 19.5 Å². The molecule has 1 atom stereocenters. The second kappa shape index (κ2) is 6.89. The van der Waals surface area contributed by atoms with Gasteiger partial charge in [-0.3, -0.25) is 4.79 Å². The average Bonchev–Trinajstić information content (AvgIpc) is 2.10. The number of carbonyl (C=O) groups excluding carboxylic acids is 1. The highest BCUT2D eigenvalue weighted by atomic mass is 16.1. The topological polar surface area (TPSA) is 41.1 Å². The molecule has 0 rings (SSSR count). The second-order valence-corrected chi connectivity index (χ2v) is 3.88. The molecule has 0 aliphatic rings. The zero-order valence-corrected chi connectivity index (χ0v) is 9.18. The van der Waals surface area contributed by atoms with E-state index < -0.39 is 0 Å². The molecule has 0 fully saturated rings. The summed E-state index contributed by atoms with van der Waals surface area (Å²) in [5, 5.41) is 5.87. The lowest BCUT2D eigenvalue weighted by Crippen LogP contribution is -2.31. The predicted molar refractivity (Wildman–Crippen MR) is 55.6 cm³/mol. The summed E-state index contributed by atoms with van der Waals surface area (Å²) in [7, 11) is 1.85. The Balaban J connectivity index is 3.46. The van der Waals surface area contributed by atoms with Crippen molar-refractivity contribution < 1.29 is 4.79 Å². The largest absolute Gasteiger partial charge is 0.356 e. The number of hydrogen-bond acceptors (Lipinski definition) is 2. The number of hydrogen-bond donors (Lipinski definition) is 2. The molecule has 0 saturated heterocycles. The van der Waals surface area contributed by atoms with Crippen LogP contribution in [0, 0.1) is 11.8 Å². The Morgan fingerprint density at radius 3 is 2.38 bits per heavy atom. The first-order valence-corrected chi connectivity index (χ1v) is 4.99. The van der Waals surface area contributed by atoms with Gasteiger partial charge in [-0.05, 0) is 18.9 Å². The van der Waals surface area contributed by atoms with Crippen LogP contribution in [-0.2, 0) is 4.79 Å². The van der Waals surface area contributed by atoms with Gasteiger partial charge in [-0.2, -0.15) is 0 Å². The number of amides is 1. The number of nitrogens with one attached hydrogen (secondary N) is 2. The van der Waals surface area contributed by atoms with Crippen LogP contribution in [0.1, 0.15) is 27.2 Å². The van der Waals surface area contributed by atoms with E-state index in [4.69, 9.17) is 0 Å². The first kappa shape index (κ1) is 12.4. The highest BCUT2D eigenvalue weighted by Crippen LogP contribution is 2.07. The lowest BCUT2D eigenvalue weighted by molar-refractivity contribution is -0.121. The van der Waals surface area contributed by atoms with Gasteiger partial charge in [-0.15, -0.1) is 0 Å². The first-order chi connectivity index (χ1) is 6.07. The fraction of sp³-hybridized carbons (Fsp3) is 0.900. The number of carbonyl (C=O) groups is 1. The van der Waals surface area contributed by atoms with Gasteiger partial charge in [0.1, 0.15) is 0 Å². The van der Waals surface area contributed by atoms with Gasteiger partial charge >= 0.3 is 0 Å². The molecule has 0 saturated carbocycles. The molecule has 0 aromatic heterocycles. The fourth-order valence-electron chi connectivity index (χ4n) is 0.837. The third kappa shape index (κ3) is 6.58. The van der Waals surface area contributed by atoms with E-state index in [1.807, 2.05) is 7.05 Å². The van der Waals surface area contributed by atoms with Crippen LogP contribution in [0.25, 0.3) is 0 Å². The maximum Gasteiger partial charge on any atom is 0.221 e. The summed E-state index contributed by atoms with van der Waals surface area (Å²) in [5.74, 6) is 1.32. The lowest BCUT2D eigenvalue weighted by Gasteiger charge is -2.15. The highest BCUT2D eigenvalue weighted by Gasteiger charge is 2.08. The van der Waals surface area contributed by atoms with E-state index in [1.165, 1.54) is 0 Å². The van der Waals surface area contributed by atoms with Gasteiger partial charge in [0.2, 0.25) is 5.91 Å². The van der Waals surface area contributed by atoms with Crippen LogP contribution in [0.2, 0.25) is 0 Å². The van der Waals surface area contributed by atoms with Gasteiger partial charge in [0.15, 0.2) is 0 Å². The molecule has 0 aliphatic carbocycles. The van der Waals surface area contributed by atoms with E-state index in [9.17, 15) is 4.79 Å². The molecule has 0 aromatic carbocycles. The molecule has 0 heterocycles. The van der Waals surface area contributed by atoms with Crippen molar-refractivity contribution in [3.05, 3.63) is 0 Å². The molecule has 0 bridgehead atoms. The van der Waals surface area contributed by atoms with Crippen LogP contribution >= 0.6 is 0 Å². The van der Waals surface area contributed by atoms with Gasteiger partial charge < -0.3 is 10.6 Å². The smallest absolute Gasteiger partial charge is 0.221 e. The van der Waals surface area contributed by atoms with Crippen molar-refractivity contribution in [2.24, 2.45) is 11.8 Å². The molecule has 13 heavy (non-hydrogen) atoms. The minimum absolute atomic E-state index is 0.141. The van der Waals surface area contributed by atoms with Crippen molar-refractivity contribution in [3.8, 4) is 0 Å². The van der Waals surface area contributed by atoms with E-state index in [-0.39, 0.29) is 5.91 Å². The Morgan fingerprint density at radius 2 is 1.92 bits per heavy atom. The Kier molecular flexibility index (Phi) is 6.59. The fourth-order valence-corrected chi connectivity index (χ4v) is 0.837. The van der Waals surface area contributed by atoms with E-state index in [1.54, 1.807) is 0 Å². The van der Waals surface area contributed by atoms with Crippen LogP contribution in [0.4, 0.5) is 0 Å². The Hall–Kier alpha value is -0.570. The highest BCUT2D eigenvalue weighted by molar-refractivity contribution is 5.76. The lowest BCUT2D eigenvalue weighted by atomic mass is 9.98. The third-order valence-electron chi connectivity index (χ3n) is 2.36. The van der Waals surface area contributed by atoms with Crippen LogP contribution in [-0.4, -0.2) is 26.0 Å². The molecule has 0 spiro atoms. The molecule has 1 unspecified atom stereocenters. The van der Waals surface area contributed by atoms with Gasteiger partial charge in [0.25, 0.3) is 0 Å². The minimum atomic E-state index is 0.141. The summed E-state index contributed by atoms with van der Waals surface area (Å²) in [6.45, 7) is 8.04. The average molecular weight is 186 g/mol. The van der Waals surface area contributed by atoms with Crippen LogP contribution in [0.3, 0.4) is 0 Å². The molecule has 0 radical (unpaired) electrons. The van der Waals surface area contributed by atoms with Gasteiger partial charge in [-0.1, -0.05) is 20.8 Å². The van der Waals surface area contributed by atoms with Gasteiger partial charge in [-0.25, -0.2) is 0 Å². The summed E-state index contributed by atoms with van der Waals surface area (Å²) in [6, 6.07) is 0.